The van der Waals surface area contributed by atoms with Gasteiger partial charge in [-0.25, -0.2) is 0 Å². The number of hydrogen-bond acceptors (Lipinski definition) is 2. The maximum atomic E-state index is 8.22. The van der Waals surface area contributed by atoms with E-state index in [1.807, 2.05) is 19.1 Å². The van der Waals surface area contributed by atoms with Crippen LogP contribution in [0.5, 0.6) is 0 Å². The van der Waals surface area contributed by atoms with E-state index in [9.17, 15) is 0 Å². The van der Waals surface area contributed by atoms with Gasteiger partial charge in [0, 0.05) is 6.20 Å². The minimum Gasteiger partial charge on any atom is -0.342 e. The Hall–Kier alpha value is -1.23. The summed E-state index contributed by atoms with van der Waals surface area (Å²) in [5.74, 6) is 0. The molecular formula is C7H10N2. The average Bonchev–Trinajstić information content (AvgIpc) is 1.88. The van der Waals surface area contributed by atoms with E-state index in [2.05, 4.69) is 6.58 Å². The minimum absolute atomic E-state index is 0.369. The predicted molar refractivity (Wildman–Crippen MR) is 37.3 cm³/mol. The van der Waals surface area contributed by atoms with Crippen LogP contribution in [0.2, 0.25) is 0 Å². The quantitative estimate of drug-likeness (QED) is 0.530. The van der Waals surface area contributed by atoms with Gasteiger partial charge in [-0.3, -0.25) is 0 Å². The van der Waals surface area contributed by atoms with Crippen LogP contribution < -0.4 is 0 Å². The van der Waals surface area contributed by atoms with E-state index in [1.54, 1.807) is 17.3 Å². The van der Waals surface area contributed by atoms with Crippen LogP contribution in [0, 0.1) is 11.3 Å². The van der Waals surface area contributed by atoms with Crippen LogP contribution >= 0.6 is 0 Å². The molecule has 0 atom stereocenters. The Bertz CT molecular complexity index is 141. The van der Waals surface area contributed by atoms with E-state index >= 15 is 0 Å². The molecule has 0 radical (unpaired) electrons. The fourth-order valence-corrected chi connectivity index (χ4v) is 0.451. The molecule has 0 aromatic rings. The van der Waals surface area contributed by atoms with Crippen molar-refractivity contribution in [2.75, 3.05) is 6.54 Å². The van der Waals surface area contributed by atoms with Gasteiger partial charge in [-0.2, -0.15) is 5.26 Å². The highest BCUT2D eigenvalue weighted by atomic mass is 15.1. The number of nitriles is 1. The van der Waals surface area contributed by atoms with Gasteiger partial charge in [-0.15, -0.1) is 0 Å². The molecule has 0 unspecified atom stereocenters. The molecule has 0 heterocycles. The number of nitrogens with zero attached hydrogens (tertiary/aromatic N) is 2. The summed E-state index contributed by atoms with van der Waals surface area (Å²) in [6, 6.07) is 2.01. The molecule has 2 heteroatoms. The second kappa shape index (κ2) is 4.92. The van der Waals surface area contributed by atoms with Crippen molar-refractivity contribution < 1.29 is 0 Å². The van der Waals surface area contributed by atoms with E-state index in [1.165, 1.54) is 0 Å². The highest BCUT2D eigenvalue weighted by Crippen LogP contribution is 1.87. The number of allylic oxidation sites excluding steroid dienone is 1. The van der Waals surface area contributed by atoms with Crippen molar-refractivity contribution >= 4 is 0 Å². The summed E-state index contributed by atoms with van der Waals surface area (Å²) in [6.45, 7) is 5.79. The summed E-state index contributed by atoms with van der Waals surface area (Å²) in [7, 11) is 0. The van der Waals surface area contributed by atoms with Crippen LogP contribution in [0.1, 0.15) is 6.92 Å². The first-order valence-corrected chi connectivity index (χ1v) is 2.73. The summed E-state index contributed by atoms with van der Waals surface area (Å²) >= 11 is 0. The topological polar surface area (TPSA) is 27.0 Å². The molecule has 0 rings (SSSR count). The van der Waals surface area contributed by atoms with Gasteiger partial charge in [-0.05, 0) is 13.1 Å². The Kier molecular flexibility index (Phi) is 4.25. The summed E-state index contributed by atoms with van der Waals surface area (Å²) in [5.41, 5.74) is 0. The standard InChI is InChI=1S/C7H10N2/c1-3-6-9(4-2)7-5-8/h3-4,6H,2,7H2,1H3/b6-3-. The van der Waals surface area contributed by atoms with Gasteiger partial charge in [0.05, 0.1) is 6.07 Å². The van der Waals surface area contributed by atoms with Crippen molar-refractivity contribution in [2.24, 2.45) is 0 Å². The Labute approximate surface area is 55.7 Å². The van der Waals surface area contributed by atoms with Gasteiger partial charge in [0.15, 0.2) is 0 Å². The highest BCUT2D eigenvalue weighted by molar-refractivity contribution is 4.91. The second-order valence-corrected chi connectivity index (χ2v) is 1.50. The Morgan fingerprint density at radius 2 is 2.44 bits per heavy atom. The van der Waals surface area contributed by atoms with Crippen LogP contribution in [0.3, 0.4) is 0 Å². The Morgan fingerprint density at radius 1 is 1.78 bits per heavy atom. The molecular weight excluding hydrogens is 112 g/mol. The van der Waals surface area contributed by atoms with E-state index in [0.717, 1.165) is 0 Å². The molecule has 0 saturated heterocycles. The van der Waals surface area contributed by atoms with Crippen molar-refractivity contribution in [1.29, 1.82) is 5.26 Å². The first-order valence-electron chi connectivity index (χ1n) is 2.73. The van der Waals surface area contributed by atoms with Crippen molar-refractivity contribution in [3.63, 3.8) is 0 Å². The molecule has 0 aliphatic heterocycles. The van der Waals surface area contributed by atoms with Crippen molar-refractivity contribution in [1.82, 2.24) is 4.90 Å². The third-order valence-corrected chi connectivity index (χ3v) is 0.828. The maximum absolute atomic E-state index is 8.22. The maximum Gasteiger partial charge on any atom is 0.109 e. The van der Waals surface area contributed by atoms with Gasteiger partial charge >= 0.3 is 0 Å². The fraction of sp³-hybridized carbons (Fsp3) is 0.286. The summed E-state index contributed by atoms with van der Waals surface area (Å²) < 4.78 is 0. The van der Waals surface area contributed by atoms with Crippen LogP contribution in [-0.4, -0.2) is 11.4 Å². The minimum atomic E-state index is 0.369. The first-order chi connectivity index (χ1) is 4.35. The van der Waals surface area contributed by atoms with Crippen LogP contribution in [-0.2, 0) is 0 Å². The summed E-state index contributed by atoms with van der Waals surface area (Å²) in [5, 5.41) is 8.22. The lowest BCUT2D eigenvalue weighted by Crippen LogP contribution is -2.07. The molecule has 0 aliphatic carbocycles. The summed E-state index contributed by atoms with van der Waals surface area (Å²) in [4.78, 5) is 1.71. The Morgan fingerprint density at radius 3 is 2.78 bits per heavy atom. The van der Waals surface area contributed by atoms with E-state index in [-0.39, 0.29) is 0 Å². The number of hydrogen-bond donors (Lipinski definition) is 0. The zero-order chi connectivity index (χ0) is 7.11. The molecule has 0 saturated carbocycles. The third kappa shape index (κ3) is 3.36. The molecule has 0 bridgehead atoms. The molecule has 2 nitrogen and oxygen atoms in total. The second-order valence-electron chi connectivity index (χ2n) is 1.50. The van der Waals surface area contributed by atoms with Crippen molar-refractivity contribution in [2.45, 2.75) is 6.92 Å². The van der Waals surface area contributed by atoms with Crippen LogP contribution in [0.15, 0.2) is 25.1 Å². The van der Waals surface area contributed by atoms with Crippen LogP contribution in [0.4, 0.5) is 0 Å². The molecule has 48 valence electrons. The molecule has 0 aliphatic rings. The average molecular weight is 122 g/mol. The van der Waals surface area contributed by atoms with E-state index < -0.39 is 0 Å². The first kappa shape index (κ1) is 7.77. The largest absolute Gasteiger partial charge is 0.342 e. The predicted octanol–water partition coefficient (Wildman–Crippen LogP) is 1.49. The third-order valence-electron chi connectivity index (χ3n) is 0.828. The zero-order valence-electron chi connectivity index (χ0n) is 5.54. The van der Waals surface area contributed by atoms with Crippen molar-refractivity contribution in [3.8, 4) is 6.07 Å². The Balaban J connectivity index is 3.71. The van der Waals surface area contributed by atoms with Gasteiger partial charge in [-0.1, -0.05) is 12.7 Å². The van der Waals surface area contributed by atoms with Gasteiger partial charge in [0.1, 0.15) is 6.54 Å². The van der Waals surface area contributed by atoms with Gasteiger partial charge in [0.2, 0.25) is 0 Å². The molecule has 9 heavy (non-hydrogen) atoms. The lowest BCUT2D eigenvalue weighted by atomic mass is 10.5. The molecule has 0 fully saturated rings. The smallest absolute Gasteiger partial charge is 0.109 e. The lowest BCUT2D eigenvalue weighted by molar-refractivity contribution is 0.573. The summed E-state index contributed by atoms with van der Waals surface area (Å²) in [6.07, 6.45) is 5.28. The zero-order valence-corrected chi connectivity index (χ0v) is 5.54. The highest BCUT2D eigenvalue weighted by Gasteiger charge is 1.85. The SMILES string of the molecule is C=CN(/C=C\C)CC#N. The van der Waals surface area contributed by atoms with Gasteiger partial charge in [0.25, 0.3) is 0 Å². The lowest BCUT2D eigenvalue weighted by Gasteiger charge is -2.07. The van der Waals surface area contributed by atoms with E-state index in [4.69, 9.17) is 5.26 Å². The normalized spacial score (nSPS) is 8.89. The van der Waals surface area contributed by atoms with Gasteiger partial charge < -0.3 is 4.90 Å². The molecule has 0 spiro atoms. The number of rotatable bonds is 3. The molecule has 0 aromatic heterocycles. The molecule has 0 aromatic carbocycles. The monoisotopic (exact) mass is 122 g/mol. The van der Waals surface area contributed by atoms with Crippen LogP contribution in [0.25, 0.3) is 0 Å². The fourth-order valence-electron chi connectivity index (χ4n) is 0.451. The van der Waals surface area contributed by atoms with Crippen molar-refractivity contribution in [3.05, 3.63) is 25.1 Å². The molecule has 0 amide bonds. The molecule has 0 N–H and O–H groups in total. The van der Waals surface area contributed by atoms with E-state index in [0.29, 0.717) is 6.54 Å².